The SMILES string of the molecule is Cc1cc(Cc2ccc(Cl)cc2)cc(C2CCN(C(=O)[C@@H]3CCCO3)CC2)n1. The van der Waals surface area contributed by atoms with Crippen LogP contribution in [0.2, 0.25) is 5.02 Å². The number of likely N-dealkylation sites (tertiary alicyclic amines) is 1. The molecule has 0 radical (unpaired) electrons. The van der Waals surface area contributed by atoms with Gasteiger partial charge in [0.2, 0.25) is 0 Å². The molecule has 2 fully saturated rings. The van der Waals surface area contributed by atoms with Crippen LogP contribution in [0.15, 0.2) is 36.4 Å². The van der Waals surface area contributed by atoms with Crippen molar-refractivity contribution in [1.29, 1.82) is 0 Å². The average molecular weight is 399 g/mol. The minimum atomic E-state index is -0.209. The highest BCUT2D eigenvalue weighted by atomic mass is 35.5. The van der Waals surface area contributed by atoms with E-state index in [2.05, 4.69) is 31.2 Å². The highest BCUT2D eigenvalue weighted by Crippen LogP contribution is 2.29. The fraction of sp³-hybridized carbons (Fsp3) is 0.478. The van der Waals surface area contributed by atoms with E-state index in [9.17, 15) is 4.79 Å². The van der Waals surface area contributed by atoms with Crippen LogP contribution in [0, 0.1) is 6.92 Å². The Labute approximate surface area is 171 Å². The maximum Gasteiger partial charge on any atom is 0.251 e. The lowest BCUT2D eigenvalue weighted by molar-refractivity contribution is -0.142. The molecule has 0 saturated carbocycles. The summed E-state index contributed by atoms with van der Waals surface area (Å²) in [5.74, 6) is 0.592. The Kier molecular flexibility index (Phi) is 5.98. The van der Waals surface area contributed by atoms with E-state index in [1.165, 1.54) is 11.1 Å². The van der Waals surface area contributed by atoms with Crippen molar-refractivity contribution in [1.82, 2.24) is 9.88 Å². The number of aromatic nitrogens is 1. The third-order valence-electron chi connectivity index (χ3n) is 5.78. The van der Waals surface area contributed by atoms with Crippen molar-refractivity contribution in [2.45, 2.75) is 51.0 Å². The number of halogens is 1. The maximum atomic E-state index is 12.6. The van der Waals surface area contributed by atoms with Crippen molar-refractivity contribution in [3.8, 4) is 0 Å². The van der Waals surface area contributed by atoms with Gasteiger partial charge in [-0.05, 0) is 74.4 Å². The van der Waals surface area contributed by atoms with Crippen molar-refractivity contribution < 1.29 is 9.53 Å². The summed E-state index contributed by atoms with van der Waals surface area (Å²) >= 11 is 6.00. The third kappa shape index (κ3) is 4.56. The second kappa shape index (κ2) is 8.62. The number of ether oxygens (including phenoxy) is 1. The van der Waals surface area contributed by atoms with Crippen molar-refractivity contribution in [2.75, 3.05) is 19.7 Å². The fourth-order valence-corrected chi connectivity index (χ4v) is 4.41. The van der Waals surface area contributed by atoms with Crippen LogP contribution in [0.3, 0.4) is 0 Å². The molecule has 2 saturated heterocycles. The molecule has 5 heteroatoms. The summed E-state index contributed by atoms with van der Waals surface area (Å²) < 4.78 is 5.56. The van der Waals surface area contributed by atoms with Gasteiger partial charge in [-0.15, -0.1) is 0 Å². The zero-order valence-electron chi connectivity index (χ0n) is 16.4. The molecule has 2 aromatic rings. The minimum absolute atomic E-state index is 0.177. The van der Waals surface area contributed by atoms with E-state index >= 15 is 0 Å². The van der Waals surface area contributed by atoms with Gasteiger partial charge in [-0.25, -0.2) is 0 Å². The lowest BCUT2D eigenvalue weighted by Gasteiger charge is -2.33. The van der Waals surface area contributed by atoms with Crippen molar-refractivity contribution in [2.24, 2.45) is 0 Å². The van der Waals surface area contributed by atoms with Crippen LogP contribution in [-0.4, -0.2) is 41.6 Å². The van der Waals surface area contributed by atoms with Crippen LogP contribution >= 0.6 is 11.6 Å². The predicted octanol–water partition coefficient (Wildman–Crippen LogP) is 4.52. The molecule has 0 bridgehead atoms. The number of benzene rings is 1. The number of hydrogen-bond donors (Lipinski definition) is 0. The van der Waals surface area contributed by atoms with Crippen molar-refractivity contribution in [3.63, 3.8) is 0 Å². The van der Waals surface area contributed by atoms with Crippen molar-refractivity contribution >= 4 is 17.5 Å². The van der Waals surface area contributed by atoms with Gasteiger partial charge in [-0.1, -0.05) is 23.7 Å². The van der Waals surface area contributed by atoms with Crippen molar-refractivity contribution in [3.05, 3.63) is 63.9 Å². The third-order valence-corrected chi connectivity index (χ3v) is 6.04. The largest absolute Gasteiger partial charge is 0.368 e. The van der Waals surface area contributed by atoms with Gasteiger partial charge in [0.05, 0.1) is 0 Å². The van der Waals surface area contributed by atoms with Crippen LogP contribution in [0.4, 0.5) is 0 Å². The van der Waals surface area contributed by atoms with E-state index in [-0.39, 0.29) is 12.0 Å². The van der Waals surface area contributed by atoms with Gasteiger partial charge >= 0.3 is 0 Å². The van der Waals surface area contributed by atoms with Crippen LogP contribution in [0.5, 0.6) is 0 Å². The van der Waals surface area contributed by atoms with Gasteiger partial charge in [-0.3, -0.25) is 9.78 Å². The van der Waals surface area contributed by atoms with Crippen LogP contribution in [0.25, 0.3) is 0 Å². The Balaban J connectivity index is 1.41. The Bertz CT molecular complexity index is 823. The van der Waals surface area contributed by atoms with E-state index < -0.39 is 0 Å². The Morgan fingerprint density at radius 2 is 1.89 bits per heavy atom. The number of piperidine rings is 1. The smallest absolute Gasteiger partial charge is 0.251 e. The molecule has 28 heavy (non-hydrogen) atoms. The maximum absolute atomic E-state index is 12.6. The normalized spacial score (nSPS) is 20.5. The molecule has 2 aliphatic heterocycles. The number of amides is 1. The summed E-state index contributed by atoms with van der Waals surface area (Å²) in [4.78, 5) is 19.3. The number of aryl methyl sites for hydroxylation is 1. The van der Waals surface area contributed by atoms with Crippen LogP contribution in [-0.2, 0) is 16.0 Å². The van der Waals surface area contributed by atoms with E-state index in [0.29, 0.717) is 5.92 Å². The number of pyridine rings is 1. The van der Waals surface area contributed by atoms with Gasteiger partial charge in [0.15, 0.2) is 0 Å². The lowest BCUT2D eigenvalue weighted by Crippen LogP contribution is -2.43. The number of carbonyl (C=O) groups is 1. The average Bonchev–Trinajstić information content (AvgIpc) is 3.24. The molecule has 148 valence electrons. The molecule has 0 spiro atoms. The summed E-state index contributed by atoms with van der Waals surface area (Å²) in [6, 6.07) is 12.4. The second-order valence-electron chi connectivity index (χ2n) is 7.95. The summed E-state index contributed by atoms with van der Waals surface area (Å²) in [6.45, 7) is 4.37. The number of nitrogens with zero attached hydrogens (tertiary/aromatic N) is 2. The molecule has 1 aromatic carbocycles. The predicted molar refractivity (Wildman–Crippen MR) is 111 cm³/mol. The van der Waals surface area contributed by atoms with E-state index in [4.69, 9.17) is 21.3 Å². The first-order valence-electron chi connectivity index (χ1n) is 10.2. The highest BCUT2D eigenvalue weighted by molar-refractivity contribution is 6.30. The van der Waals surface area contributed by atoms with E-state index in [1.54, 1.807) is 0 Å². The standard InChI is InChI=1S/C23H27ClN2O2/c1-16-13-18(14-17-4-6-20(24)7-5-17)15-21(25-16)19-8-10-26(11-9-19)23(27)22-3-2-12-28-22/h4-7,13,15,19,22H,2-3,8-12,14H2,1H3/t22-/m0/s1. The highest BCUT2D eigenvalue weighted by Gasteiger charge is 2.31. The molecule has 0 aliphatic carbocycles. The molecule has 0 N–H and O–H groups in total. The quantitative estimate of drug-likeness (QED) is 0.760. The summed E-state index contributed by atoms with van der Waals surface area (Å²) in [6.07, 6.45) is 4.47. The molecule has 1 aromatic heterocycles. The zero-order valence-corrected chi connectivity index (χ0v) is 17.1. The summed E-state index contributed by atoms with van der Waals surface area (Å²) in [7, 11) is 0. The van der Waals surface area contributed by atoms with Crippen LogP contribution < -0.4 is 0 Å². The Morgan fingerprint density at radius 3 is 2.57 bits per heavy atom. The first kappa shape index (κ1) is 19.4. The molecule has 0 unspecified atom stereocenters. The first-order chi connectivity index (χ1) is 13.6. The van der Waals surface area contributed by atoms with Gasteiger partial charge in [0, 0.05) is 42.0 Å². The first-order valence-corrected chi connectivity index (χ1v) is 10.6. The van der Waals surface area contributed by atoms with Gasteiger partial charge in [0.25, 0.3) is 5.91 Å². The zero-order chi connectivity index (χ0) is 19.5. The molecule has 1 atom stereocenters. The summed E-state index contributed by atoms with van der Waals surface area (Å²) in [5, 5.41) is 0.764. The molecule has 1 amide bonds. The molecule has 2 aliphatic rings. The molecular weight excluding hydrogens is 372 g/mol. The molecule has 3 heterocycles. The Hall–Kier alpha value is -1.91. The number of carbonyl (C=O) groups excluding carboxylic acids is 1. The minimum Gasteiger partial charge on any atom is -0.368 e. The molecule has 4 nitrogen and oxygen atoms in total. The second-order valence-corrected chi connectivity index (χ2v) is 8.38. The molecule has 4 rings (SSSR count). The number of rotatable bonds is 4. The lowest BCUT2D eigenvalue weighted by atomic mass is 9.91. The van der Waals surface area contributed by atoms with Gasteiger partial charge in [0.1, 0.15) is 6.10 Å². The van der Waals surface area contributed by atoms with Gasteiger partial charge in [-0.2, -0.15) is 0 Å². The monoisotopic (exact) mass is 398 g/mol. The topological polar surface area (TPSA) is 42.4 Å². The van der Waals surface area contributed by atoms with E-state index in [1.807, 2.05) is 17.0 Å². The fourth-order valence-electron chi connectivity index (χ4n) is 4.29. The number of hydrogen-bond acceptors (Lipinski definition) is 3. The molecular formula is C23H27ClN2O2. The van der Waals surface area contributed by atoms with E-state index in [0.717, 1.165) is 68.2 Å². The summed E-state index contributed by atoms with van der Waals surface area (Å²) in [5.41, 5.74) is 4.74. The Morgan fingerprint density at radius 1 is 1.14 bits per heavy atom. The van der Waals surface area contributed by atoms with Crippen LogP contribution in [0.1, 0.15) is 54.1 Å². The van der Waals surface area contributed by atoms with Gasteiger partial charge < -0.3 is 9.64 Å².